The molecule has 0 saturated heterocycles. The van der Waals surface area contributed by atoms with Crippen molar-refractivity contribution in [2.24, 2.45) is 0 Å². The number of ether oxygens (including phenoxy) is 2. The summed E-state index contributed by atoms with van der Waals surface area (Å²) >= 11 is 0. The number of nitrogens with one attached hydrogen (secondary N) is 1. The van der Waals surface area contributed by atoms with Gasteiger partial charge in [-0.1, -0.05) is 0 Å². The van der Waals surface area contributed by atoms with Gasteiger partial charge in [-0.25, -0.2) is 9.67 Å². The van der Waals surface area contributed by atoms with Crippen LogP contribution in [0.25, 0.3) is 16.7 Å². The molecule has 0 aliphatic carbocycles. The quantitative estimate of drug-likeness (QED) is 0.777. The molecule has 0 atom stereocenters. The lowest BCUT2D eigenvalue weighted by atomic mass is 10.1. The molecule has 126 valence electrons. The first-order valence-electron chi connectivity index (χ1n) is 7.88. The number of rotatable bonds is 5. The second kappa shape index (κ2) is 6.39. The van der Waals surface area contributed by atoms with E-state index in [1.165, 1.54) is 0 Å². The molecule has 1 aromatic carbocycles. The van der Waals surface area contributed by atoms with Gasteiger partial charge in [0.25, 0.3) is 0 Å². The van der Waals surface area contributed by atoms with E-state index in [9.17, 15) is 0 Å². The second-order valence-electron chi connectivity index (χ2n) is 5.92. The molecule has 3 rings (SSSR count). The van der Waals surface area contributed by atoms with Gasteiger partial charge < -0.3 is 14.8 Å². The summed E-state index contributed by atoms with van der Waals surface area (Å²) in [5.74, 6) is 3.08. The Morgan fingerprint density at radius 3 is 2.50 bits per heavy atom. The van der Waals surface area contributed by atoms with Gasteiger partial charge in [0.2, 0.25) is 0 Å². The van der Waals surface area contributed by atoms with Crippen molar-refractivity contribution in [3.63, 3.8) is 0 Å². The maximum absolute atomic E-state index is 5.55. The van der Waals surface area contributed by atoms with Crippen molar-refractivity contribution in [1.29, 1.82) is 0 Å². The second-order valence-corrected chi connectivity index (χ2v) is 5.92. The van der Waals surface area contributed by atoms with Gasteiger partial charge in [-0.3, -0.25) is 0 Å². The van der Waals surface area contributed by atoms with E-state index in [4.69, 9.17) is 14.5 Å². The van der Waals surface area contributed by atoms with E-state index in [-0.39, 0.29) is 0 Å². The maximum atomic E-state index is 5.55. The fraction of sp³-hybridized carbons (Fsp3) is 0.333. The van der Waals surface area contributed by atoms with Crippen molar-refractivity contribution < 1.29 is 9.47 Å². The van der Waals surface area contributed by atoms with Gasteiger partial charge in [-0.15, -0.1) is 5.10 Å². The van der Waals surface area contributed by atoms with Gasteiger partial charge in [0.15, 0.2) is 5.82 Å². The summed E-state index contributed by atoms with van der Waals surface area (Å²) in [6.07, 6.45) is 1.88. The van der Waals surface area contributed by atoms with Crippen LogP contribution in [0.5, 0.6) is 11.5 Å². The molecule has 2 heterocycles. The Hall–Kier alpha value is -2.76. The standard InChI is InChI=1S/C18H22N4O2/c1-11(2)19-16-8-9-22(21-16)17-10-15(24-5)13-6-7-14(23-4)12(3)18(13)20-17/h6-11H,1-5H3,(H,19,21). The summed E-state index contributed by atoms with van der Waals surface area (Å²) in [4.78, 5) is 4.77. The Morgan fingerprint density at radius 2 is 1.83 bits per heavy atom. The fourth-order valence-corrected chi connectivity index (χ4v) is 2.70. The van der Waals surface area contributed by atoms with E-state index >= 15 is 0 Å². The van der Waals surface area contributed by atoms with Crippen LogP contribution in [0.4, 0.5) is 5.82 Å². The number of fused-ring (bicyclic) bond motifs is 1. The third-order valence-corrected chi connectivity index (χ3v) is 3.83. The fourth-order valence-electron chi connectivity index (χ4n) is 2.70. The van der Waals surface area contributed by atoms with Crippen LogP contribution in [0.15, 0.2) is 30.5 Å². The average Bonchev–Trinajstić information content (AvgIpc) is 3.02. The molecule has 3 aromatic rings. The molecule has 0 fully saturated rings. The van der Waals surface area contributed by atoms with Gasteiger partial charge >= 0.3 is 0 Å². The van der Waals surface area contributed by atoms with Crippen LogP contribution >= 0.6 is 0 Å². The lowest BCUT2D eigenvalue weighted by molar-refractivity contribution is 0.411. The normalized spacial score (nSPS) is 11.1. The topological polar surface area (TPSA) is 61.2 Å². The molecular formula is C18H22N4O2. The predicted octanol–water partition coefficient (Wildman–Crippen LogP) is 3.57. The van der Waals surface area contributed by atoms with Gasteiger partial charge in [0, 0.05) is 35.3 Å². The van der Waals surface area contributed by atoms with Crippen LogP contribution in [-0.4, -0.2) is 35.0 Å². The molecular weight excluding hydrogens is 304 g/mol. The molecule has 2 aromatic heterocycles. The SMILES string of the molecule is COc1ccc2c(OC)cc(-n3ccc(NC(C)C)n3)nc2c1C. The highest BCUT2D eigenvalue weighted by atomic mass is 16.5. The molecule has 6 heteroatoms. The summed E-state index contributed by atoms with van der Waals surface area (Å²) in [5.41, 5.74) is 1.82. The lowest BCUT2D eigenvalue weighted by Gasteiger charge is -2.12. The highest BCUT2D eigenvalue weighted by Crippen LogP contribution is 2.33. The molecule has 0 radical (unpaired) electrons. The van der Waals surface area contributed by atoms with Crippen LogP contribution in [0, 0.1) is 6.92 Å². The molecule has 1 N–H and O–H groups in total. The summed E-state index contributed by atoms with van der Waals surface area (Å²) in [6.45, 7) is 6.14. The molecule has 0 unspecified atom stereocenters. The summed E-state index contributed by atoms with van der Waals surface area (Å²) in [6, 6.07) is 8.03. The number of methoxy groups -OCH3 is 2. The first kappa shape index (κ1) is 16.1. The smallest absolute Gasteiger partial charge is 0.157 e. The van der Waals surface area contributed by atoms with E-state index < -0.39 is 0 Å². The maximum Gasteiger partial charge on any atom is 0.157 e. The molecule has 0 saturated carbocycles. The third kappa shape index (κ3) is 2.87. The Bertz CT molecular complexity index is 871. The van der Waals surface area contributed by atoms with Crippen LogP contribution in [0.3, 0.4) is 0 Å². The van der Waals surface area contributed by atoms with Crippen LogP contribution in [-0.2, 0) is 0 Å². The van der Waals surface area contributed by atoms with Gasteiger partial charge in [-0.2, -0.15) is 0 Å². The number of aryl methyl sites for hydroxylation is 1. The van der Waals surface area contributed by atoms with Crippen molar-refractivity contribution in [1.82, 2.24) is 14.8 Å². The Labute approximate surface area is 141 Å². The average molecular weight is 326 g/mol. The van der Waals surface area contributed by atoms with E-state index in [0.717, 1.165) is 33.8 Å². The van der Waals surface area contributed by atoms with E-state index in [2.05, 4.69) is 24.3 Å². The Balaban J connectivity index is 2.14. The van der Waals surface area contributed by atoms with Crippen molar-refractivity contribution in [3.05, 3.63) is 36.0 Å². The minimum atomic E-state index is 0.318. The van der Waals surface area contributed by atoms with Gasteiger partial charge in [0.1, 0.15) is 17.3 Å². The zero-order valence-corrected chi connectivity index (χ0v) is 14.6. The minimum Gasteiger partial charge on any atom is -0.496 e. The molecule has 0 bridgehead atoms. The number of hydrogen-bond acceptors (Lipinski definition) is 5. The van der Waals surface area contributed by atoms with Gasteiger partial charge in [0.05, 0.1) is 19.7 Å². The number of anilines is 1. The van der Waals surface area contributed by atoms with Crippen molar-refractivity contribution in [2.45, 2.75) is 26.8 Å². The molecule has 0 amide bonds. The number of nitrogens with zero attached hydrogens (tertiary/aromatic N) is 3. The molecule has 24 heavy (non-hydrogen) atoms. The molecule has 0 spiro atoms. The number of pyridine rings is 1. The summed E-state index contributed by atoms with van der Waals surface area (Å²) < 4.78 is 12.7. The Morgan fingerprint density at radius 1 is 1.08 bits per heavy atom. The summed E-state index contributed by atoms with van der Waals surface area (Å²) in [5, 5.41) is 8.76. The van der Waals surface area contributed by atoms with Crippen molar-refractivity contribution >= 4 is 16.7 Å². The zero-order chi connectivity index (χ0) is 17.3. The highest BCUT2D eigenvalue weighted by molar-refractivity contribution is 5.90. The molecule has 0 aliphatic heterocycles. The number of benzene rings is 1. The monoisotopic (exact) mass is 326 g/mol. The lowest BCUT2D eigenvalue weighted by Crippen LogP contribution is -2.10. The minimum absolute atomic E-state index is 0.318. The highest BCUT2D eigenvalue weighted by Gasteiger charge is 2.13. The predicted molar refractivity (Wildman–Crippen MR) is 95.5 cm³/mol. The number of hydrogen-bond donors (Lipinski definition) is 1. The summed E-state index contributed by atoms with van der Waals surface area (Å²) in [7, 11) is 3.32. The third-order valence-electron chi connectivity index (χ3n) is 3.83. The first-order chi connectivity index (χ1) is 11.5. The molecule has 6 nitrogen and oxygen atoms in total. The van der Waals surface area contributed by atoms with E-state index in [1.54, 1.807) is 18.9 Å². The number of aromatic nitrogens is 3. The first-order valence-corrected chi connectivity index (χ1v) is 7.88. The van der Waals surface area contributed by atoms with Crippen LogP contribution in [0.1, 0.15) is 19.4 Å². The Kier molecular flexibility index (Phi) is 4.29. The zero-order valence-electron chi connectivity index (χ0n) is 14.6. The van der Waals surface area contributed by atoms with Crippen LogP contribution in [0.2, 0.25) is 0 Å². The molecule has 0 aliphatic rings. The van der Waals surface area contributed by atoms with Crippen molar-refractivity contribution in [3.8, 4) is 17.3 Å². The van der Waals surface area contributed by atoms with Crippen molar-refractivity contribution in [2.75, 3.05) is 19.5 Å². The largest absolute Gasteiger partial charge is 0.496 e. The van der Waals surface area contributed by atoms with E-state index in [1.807, 2.05) is 37.4 Å². The van der Waals surface area contributed by atoms with E-state index in [0.29, 0.717) is 11.9 Å². The van der Waals surface area contributed by atoms with Crippen LogP contribution < -0.4 is 14.8 Å². The van der Waals surface area contributed by atoms with Gasteiger partial charge in [-0.05, 0) is 32.9 Å².